The number of piperidine rings is 1. The van der Waals surface area contributed by atoms with Crippen LogP contribution >= 0.6 is 23.2 Å². The summed E-state index contributed by atoms with van der Waals surface area (Å²) >= 11 is 12.7. The molecule has 2 aromatic heterocycles. The van der Waals surface area contributed by atoms with E-state index in [1.54, 1.807) is 23.4 Å². The van der Waals surface area contributed by atoms with Crippen LogP contribution in [0.15, 0.2) is 42.7 Å². The minimum atomic E-state index is -0.534. The van der Waals surface area contributed by atoms with E-state index in [9.17, 15) is 9.59 Å². The van der Waals surface area contributed by atoms with E-state index in [0.717, 1.165) is 50.0 Å². The number of carbonyl (C=O) groups is 2. The molecule has 0 radical (unpaired) electrons. The van der Waals surface area contributed by atoms with Gasteiger partial charge in [0.1, 0.15) is 5.60 Å². The number of rotatable bonds is 8. The first-order valence-electron chi connectivity index (χ1n) is 16.4. The zero-order valence-electron chi connectivity index (χ0n) is 27.8. The Morgan fingerprint density at radius 3 is 2.31 bits per heavy atom. The molecule has 3 aliphatic heterocycles. The summed E-state index contributed by atoms with van der Waals surface area (Å²) in [6, 6.07) is 9.44. The normalized spacial score (nSPS) is 20.1. The van der Waals surface area contributed by atoms with E-state index >= 15 is 0 Å². The number of ether oxygens (including phenoxy) is 3. The van der Waals surface area contributed by atoms with E-state index in [1.165, 1.54) is 7.11 Å². The van der Waals surface area contributed by atoms with Crippen LogP contribution in [0.3, 0.4) is 0 Å². The van der Waals surface area contributed by atoms with Gasteiger partial charge in [-0.2, -0.15) is 0 Å². The van der Waals surface area contributed by atoms with Crippen molar-refractivity contribution < 1.29 is 23.8 Å². The van der Waals surface area contributed by atoms with Crippen molar-refractivity contribution >= 4 is 41.2 Å². The van der Waals surface area contributed by atoms with E-state index in [1.807, 2.05) is 45.0 Å². The Morgan fingerprint density at radius 1 is 0.938 bits per heavy atom. The first kappa shape index (κ1) is 34.2. The molecular weight excluding hydrogens is 655 g/mol. The molecule has 6 rings (SSSR count). The molecule has 0 aliphatic carbocycles. The summed E-state index contributed by atoms with van der Waals surface area (Å²) in [6.45, 7) is 10.2. The standard InChI is InChI=1S/C35H42Cl2N6O5/c1-35(2,3)48-34(45)42-20-24-7-10-43(30(24)21-42)33-38-17-28(18-39-33)47-31-12-23(11-29(40-31)25-14-26(36)16-27(37)15-25)19-41-8-5-22(6-9-41)13-32(44)46-4/h11-12,14-18,22,24,30H,5-10,13,19-21H2,1-4H3. The average molecular weight is 698 g/mol. The molecule has 13 heteroatoms. The Hall–Kier alpha value is -3.67. The molecule has 256 valence electrons. The number of halogens is 2. The van der Waals surface area contributed by atoms with Crippen LogP contribution in [0.25, 0.3) is 11.3 Å². The number of esters is 1. The summed E-state index contributed by atoms with van der Waals surface area (Å²) in [5.41, 5.74) is 1.95. The van der Waals surface area contributed by atoms with E-state index < -0.39 is 5.60 Å². The Bertz CT molecular complexity index is 1610. The number of likely N-dealkylation sites (tertiary alicyclic amines) is 2. The maximum atomic E-state index is 12.7. The predicted molar refractivity (Wildman–Crippen MR) is 183 cm³/mol. The molecule has 1 aromatic carbocycles. The average Bonchev–Trinajstić information content (AvgIpc) is 3.63. The molecule has 1 amide bonds. The highest BCUT2D eigenvalue weighted by Crippen LogP contribution is 2.35. The topological polar surface area (TPSA) is 110 Å². The number of hydrogen-bond donors (Lipinski definition) is 0. The molecule has 0 bridgehead atoms. The number of aromatic nitrogens is 3. The summed E-state index contributed by atoms with van der Waals surface area (Å²) in [5.74, 6) is 1.99. The highest BCUT2D eigenvalue weighted by Gasteiger charge is 2.44. The van der Waals surface area contributed by atoms with Gasteiger partial charge in [-0.1, -0.05) is 23.2 Å². The van der Waals surface area contributed by atoms with Gasteiger partial charge in [0.2, 0.25) is 11.8 Å². The van der Waals surface area contributed by atoms with E-state index in [4.69, 9.17) is 42.4 Å². The largest absolute Gasteiger partial charge is 0.469 e. The van der Waals surface area contributed by atoms with Crippen LogP contribution in [0, 0.1) is 11.8 Å². The molecule has 48 heavy (non-hydrogen) atoms. The number of carbonyl (C=O) groups excluding carboxylic acids is 2. The molecule has 0 N–H and O–H groups in total. The number of anilines is 1. The minimum absolute atomic E-state index is 0.139. The first-order chi connectivity index (χ1) is 22.9. The van der Waals surface area contributed by atoms with Crippen molar-refractivity contribution in [3.05, 3.63) is 58.3 Å². The van der Waals surface area contributed by atoms with Gasteiger partial charge < -0.3 is 24.0 Å². The van der Waals surface area contributed by atoms with Crippen molar-refractivity contribution in [1.29, 1.82) is 0 Å². The number of pyridine rings is 1. The van der Waals surface area contributed by atoms with Crippen LogP contribution in [0.4, 0.5) is 10.7 Å². The van der Waals surface area contributed by atoms with Crippen molar-refractivity contribution in [2.45, 2.75) is 64.6 Å². The third-order valence-corrected chi connectivity index (χ3v) is 9.55. The van der Waals surface area contributed by atoms with Gasteiger partial charge >= 0.3 is 12.1 Å². The minimum Gasteiger partial charge on any atom is -0.469 e. The molecule has 3 aliphatic rings. The van der Waals surface area contributed by atoms with E-state index in [-0.39, 0.29) is 18.1 Å². The number of benzene rings is 1. The summed E-state index contributed by atoms with van der Waals surface area (Å²) in [4.78, 5) is 44.9. The zero-order chi connectivity index (χ0) is 34.0. The van der Waals surface area contributed by atoms with Crippen LogP contribution < -0.4 is 9.64 Å². The van der Waals surface area contributed by atoms with Gasteiger partial charge in [0.25, 0.3) is 0 Å². The molecule has 3 fully saturated rings. The van der Waals surface area contributed by atoms with Gasteiger partial charge in [-0.25, -0.2) is 19.7 Å². The molecule has 3 saturated heterocycles. The van der Waals surface area contributed by atoms with Crippen LogP contribution in [-0.4, -0.2) is 88.3 Å². The fraction of sp³-hybridized carbons (Fsp3) is 0.514. The second-order valence-corrected chi connectivity index (χ2v) is 14.7. The Labute approximate surface area is 291 Å². The molecule has 0 saturated carbocycles. The lowest BCUT2D eigenvalue weighted by molar-refractivity contribution is -0.142. The number of amides is 1. The summed E-state index contributed by atoms with van der Waals surface area (Å²) in [7, 11) is 1.44. The third kappa shape index (κ3) is 8.48. The Kier molecular flexibility index (Phi) is 10.3. The number of nitrogens with zero attached hydrogens (tertiary/aromatic N) is 6. The van der Waals surface area contributed by atoms with Gasteiger partial charge in [0.05, 0.1) is 31.2 Å². The molecule has 5 heterocycles. The van der Waals surface area contributed by atoms with Gasteiger partial charge in [0, 0.05) is 60.2 Å². The van der Waals surface area contributed by atoms with Gasteiger partial charge in [-0.15, -0.1) is 0 Å². The van der Waals surface area contributed by atoms with E-state index in [2.05, 4.69) is 19.8 Å². The first-order valence-corrected chi connectivity index (χ1v) is 17.2. The van der Waals surface area contributed by atoms with Crippen molar-refractivity contribution in [2.24, 2.45) is 11.8 Å². The lowest BCUT2D eigenvalue weighted by Gasteiger charge is -2.31. The highest BCUT2D eigenvalue weighted by molar-refractivity contribution is 6.35. The molecular formula is C35H42Cl2N6O5. The predicted octanol–water partition coefficient (Wildman–Crippen LogP) is 6.86. The Balaban J connectivity index is 1.16. The number of fused-ring (bicyclic) bond motifs is 1. The number of hydrogen-bond acceptors (Lipinski definition) is 10. The fourth-order valence-electron chi connectivity index (χ4n) is 6.79. The molecule has 3 aromatic rings. The molecule has 2 atom stereocenters. The molecule has 0 spiro atoms. The lowest BCUT2D eigenvalue weighted by Crippen LogP contribution is -2.40. The highest BCUT2D eigenvalue weighted by atomic mass is 35.5. The monoisotopic (exact) mass is 696 g/mol. The maximum absolute atomic E-state index is 12.7. The van der Waals surface area contributed by atoms with Gasteiger partial charge in [-0.3, -0.25) is 9.69 Å². The van der Waals surface area contributed by atoms with Crippen LogP contribution in [0.2, 0.25) is 10.0 Å². The molecule has 2 unspecified atom stereocenters. The summed E-state index contributed by atoms with van der Waals surface area (Å²) < 4.78 is 16.7. The molecule has 11 nitrogen and oxygen atoms in total. The van der Waals surface area contributed by atoms with Gasteiger partial charge in [0.15, 0.2) is 5.75 Å². The van der Waals surface area contributed by atoms with Crippen molar-refractivity contribution in [3.8, 4) is 22.9 Å². The van der Waals surface area contributed by atoms with Crippen molar-refractivity contribution in [2.75, 3.05) is 44.7 Å². The second-order valence-electron chi connectivity index (χ2n) is 13.9. The third-order valence-electron chi connectivity index (χ3n) is 9.11. The van der Waals surface area contributed by atoms with Gasteiger partial charge in [-0.05, 0) is 88.9 Å². The van der Waals surface area contributed by atoms with Crippen LogP contribution in [-0.2, 0) is 20.8 Å². The van der Waals surface area contributed by atoms with Crippen LogP contribution in [0.5, 0.6) is 11.6 Å². The number of methoxy groups -OCH3 is 1. The van der Waals surface area contributed by atoms with Crippen molar-refractivity contribution in [3.63, 3.8) is 0 Å². The van der Waals surface area contributed by atoms with Crippen LogP contribution in [0.1, 0.15) is 52.0 Å². The zero-order valence-corrected chi connectivity index (χ0v) is 29.3. The summed E-state index contributed by atoms with van der Waals surface area (Å²) in [5, 5.41) is 1.04. The van der Waals surface area contributed by atoms with E-state index in [0.29, 0.717) is 71.2 Å². The SMILES string of the molecule is COC(=O)CC1CCN(Cc2cc(Oc3cnc(N4CCC5CN(C(=O)OC(C)(C)C)CC54)nc3)nc(-c3cc(Cl)cc(Cl)c3)c2)CC1. The smallest absolute Gasteiger partial charge is 0.410 e. The summed E-state index contributed by atoms with van der Waals surface area (Å²) in [6.07, 6.45) is 6.32. The Morgan fingerprint density at radius 2 is 1.65 bits per heavy atom. The quantitative estimate of drug-likeness (QED) is 0.232. The van der Waals surface area contributed by atoms with Crippen molar-refractivity contribution in [1.82, 2.24) is 24.8 Å². The maximum Gasteiger partial charge on any atom is 0.410 e. The fourth-order valence-corrected chi connectivity index (χ4v) is 7.32. The second kappa shape index (κ2) is 14.4. The lowest BCUT2D eigenvalue weighted by atomic mass is 9.93.